The van der Waals surface area contributed by atoms with E-state index in [-0.39, 0.29) is 6.10 Å². The van der Waals surface area contributed by atoms with E-state index in [9.17, 15) is 0 Å². The van der Waals surface area contributed by atoms with Crippen LogP contribution < -0.4 is 11.1 Å². The third-order valence-electron chi connectivity index (χ3n) is 3.36. The van der Waals surface area contributed by atoms with Gasteiger partial charge in [-0.15, -0.1) is 0 Å². The number of hydrogen-bond donors (Lipinski definition) is 2. The lowest BCUT2D eigenvalue weighted by Crippen LogP contribution is -2.43. The van der Waals surface area contributed by atoms with E-state index in [1.54, 1.807) is 6.20 Å². The van der Waals surface area contributed by atoms with Crippen molar-refractivity contribution in [2.75, 3.05) is 18.9 Å². The molecule has 0 radical (unpaired) electrons. The highest BCUT2D eigenvalue weighted by Crippen LogP contribution is 2.14. The number of ether oxygens (including phenoxy) is 1. The molecule has 1 aromatic rings. The van der Waals surface area contributed by atoms with Crippen molar-refractivity contribution in [3.63, 3.8) is 0 Å². The Morgan fingerprint density at radius 3 is 2.70 bits per heavy atom. The molecule has 0 saturated carbocycles. The summed E-state index contributed by atoms with van der Waals surface area (Å²) < 4.78 is 5.93. The number of pyridine rings is 1. The number of nitrogens with two attached hydrogens (primary N) is 1. The molecule has 2 atom stereocenters. The fourth-order valence-corrected chi connectivity index (χ4v) is 2.44. The predicted octanol–water partition coefficient (Wildman–Crippen LogP) is 2.78. The van der Waals surface area contributed by atoms with Crippen LogP contribution in [-0.2, 0) is 11.2 Å². The molecule has 4 nitrogen and oxygen atoms in total. The summed E-state index contributed by atoms with van der Waals surface area (Å²) in [5, 5.41) is 3.62. The summed E-state index contributed by atoms with van der Waals surface area (Å²) in [5.41, 5.74) is 6.98. The molecule has 0 spiro atoms. The van der Waals surface area contributed by atoms with Crippen molar-refractivity contribution in [1.29, 1.82) is 0 Å². The normalized spacial score (nSPS) is 14.2. The summed E-state index contributed by atoms with van der Waals surface area (Å²) in [5.74, 6) is 0.584. The first-order valence-corrected chi connectivity index (χ1v) is 7.76. The van der Waals surface area contributed by atoms with Gasteiger partial charge in [0.25, 0.3) is 0 Å². The number of aromatic nitrogens is 1. The maximum atomic E-state index is 5.93. The second kappa shape index (κ2) is 9.72. The first-order chi connectivity index (χ1) is 9.71. The van der Waals surface area contributed by atoms with Gasteiger partial charge in [-0.3, -0.25) is 0 Å². The second-order valence-corrected chi connectivity index (χ2v) is 5.14. The Morgan fingerprint density at radius 2 is 2.10 bits per heavy atom. The van der Waals surface area contributed by atoms with Gasteiger partial charge in [0.2, 0.25) is 0 Å². The first-order valence-electron chi connectivity index (χ1n) is 7.76. The Labute approximate surface area is 123 Å². The van der Waals surface area contributed by atoms with Crippen molar-refractivity contribution in [2.24, 2.45) is 0 Å². The van der Waals surface area contributed by atoms with Crippen LogP contribution in [0.4, 0.5) is 5.82 Å². The lowest BCUT2D eigenvalue weighted by atomic mass is 9.98. The van der Waals surface area contributed by atoms with E-state index in [1.807, 2.05) is 12.1 Å². The molecule has 3 N–H and O–H groups in total. The quantitative estimate of drug-likeness (QED) is 0.691. The number of hydrogen-bond acceptors (Lipinski definition) is 4. The Balaban J connectivity index is 2.75. The molecule has 0 fully saturated rings. The van der Waals surface area contributed by atoms with E-state index < -0.39 is 0 Å². The van der Waals surface area contributed by atoms with Crippen molar-refractivity contribution in [3.05, 3.63) is 23.9 Å². The molecule has 0 aliphatic carbocycles. The number of nitrogens with zero attached hydrogens (tertiary/aromatic N) is 1. The molecule has 1 rings (SSSR count). The minimum atomic E-state index is 0.255. The second-order valence-electron chi connectivity index (χ2n) is 5.14. The summed E-state index contributed by atoms with van der Waals surface area (Å²) >= 11 is 0. The van der Waals surface area contributed by atoms with E-state index in [0.29, 0.717) is 11.9 Å². The zero-order valence-electron chi connectivity index (χ0n) is 13.1. The topological polar surface area (TPSA) is 60.2 Å². The van der Waals surface area contributed by atoms with Gasteiger partial charge >= 0.3 is 0 Å². The monoisotopic (exact) mass is 279 g/mol. The average Bonchev–Trinajstić information content (AvgIpc) is 2.43. The van der Waals surface area contributed by atoms with Crippen molar-refractivity contribution in [3.8, 4) is 0 Å². The van der Waals surface area contributed by atoms with Crippen LogP contribution in [0.1, 0.15) is 45.6 Å². The van der Waals surface area contributed by atoms with Crippen LogP contribution in [0.15, 0.2) is 18.3 Å². The minimum absolute atomic E-state index is 0.255. The van der Waals surface area contributed by atoms with Gasteiger partial charge in [-0.25, -0.2) is 4.98 Å². The number of anilines is 1. The fourth-order valence-electron chi connectivity index (χ4n) is 2.44. The summed E-state index contributed by atoms with van der Waals surface area (Å²) in [4.78, 5) is 4.05. The minimum Gasteiger partial charge on any atom is -0.384 e. The van der Waals surface area contributed by atoms with Crippen LogP contribution >= 0.6 is 0 Å². The maximum Gasteiger partial charge on any atom is 0.123 e. The molecular formula is C16H29N3O. The molecule has 114 valence electrons. The van der Waals surface area contributed by atoms with Gasteiger partial charge < -0.3 is 15.8 Å². The van der Waals surface area contributed by atoms with Crippen molar-refractivity contribution in [2.45, 2.75) is 58.6 Å². The van der Waals surface area contributed by atoms with E-state index in [1.165, 1.54) is 5.56 Å². The van der Waals surface area contributed by atoms with Crippen molar-refractivity contribution in [1.82, 2.24) is 10.3 Å². The van der Waals surface area contributed by atoms with Crippen molar-refractivity contribution >= 4 is 5.82 Å². The number of rotatable bonds is 10. The number of nitrogens with one attached hydrogen (secondary N) is 1. The predicted molar refractivity (Wildman–Crippen MR) is 84.8 cm³/mol. The molecular weight excluding hydrogens is 250 g/mol. The van der Waals surface area contributed by atoms with E-state index in [0.717, 1.165) is 38.8 Å². The summed E-state index contributed by atoms with van der Waals surface area (Å²) in [6.07, 6.45) is 6.29. The van der Waals surface area contributed by atoms with Crippen LogP contribution in [0.2, 0.25) is 0 Å². The third kappa shape index (κ3) is 5.88. The average molecular weight is 279 g/mol. The van der Waals surface area contributed by atoms with Crippen molar-refractivity contribution < 1.29 is 4.74 Å². The van der Waals surface area contributed by atoms with Gasteiger partial charge in [-0.1, -0.05) is 20.3 Å². The van der Waals surface area contributed by atoms with Gasteiger partial charge in [0, 0.05) is 18.8 Å². The Bertz CT molecular complexity index is 364. The number of nitrogen functional groups attached to an aromatic ring is 1. The van der Waals surface area contributed by atoms with Gasteiger partial charge in [0.05, 0.1) is 6.10 Å². The lowest BCUT2D eigenvalue weighted by molar-refractivity contribution is 0.0282. The molecule has 20 heavy (non-hydrogen) atoms. The molecule has 0 saturated heterocycles. The Hall–Kier alpha value is -1.13. The third-order valence-corrected chi connectivity index (χ3v) is 3.36. The highest BCUT2D eigenvalue weighted by atomic mass is 16.5. The molecule has 1 heterocycles. The summed E-state index contributed by atoms with van der Waals surface area (Å²) in [6.45, 7) is 8.22. The SMILES string of the molecule is CCCNC(Cc1ccnc(N)c1)C(CCC)OCC. The lowest BCUT2D eigenvalue weighted by Gasteiger charge is -2.28. The first kappa shape index (κ1) is 16.9. The Morgan fingerprint density at radius 1 is 1.30 bits per heavy atom. The molecule has 2 unspecified atom stereocenters. The van der Waals surface area contributed by atoms with Crippen LogP contribution in [0.5, 0.6) is 0 Å². The molecule has 0 amide bonds. The molecule has 4 heteroatoms. The van der Waals surface area contributed by atoms with Crippen LogP contribution in [0.3, 0.4) is 0 Å². The molecule has 0 aromatic carbocycles. The summed E-state index contributed by atoms with van der Waals surface area (Å²) in [6, 6.07) is 4.32. The van der Waals surface area contributed by atoms with Crippen LogP contribution in [0, 0.1) is 0 Å². The van der Waals surface area contributed by atoms with Crippen LogP contribution in [0.25, 0.3) is 0 Å². The zero-order valence-corrected chi connectivity index (χ0v) is 13.1. The van der Waals surface area contributed by atoms with E-state index in [4.69, 9.17) is 10.5 Å². The molecule has 0 aliphatic rings. The highest BCUT2D eigenvalue weighted by Gasteiger charge is 2.21. The van der Waals surface area contributed by atoms with Gasteiger partial charge in [-0.2, -0.15) is 0 Å². The smallest absolute Gasteiger partial charge is 0.123 e. The molecule has 1 aromatic heterocycles. The van der Waals surface area contributed by atoms with E-state index in [2.05, 4.69) is 31.1 Å². The largest absolute Gasteiger partial charge is 0.384 e. The van der Waals surface area contributed by atoms with Gasteiger partial charge in [-0.05, 0) is 50.4 Å². The summed E-state index contributed by atoms with van der Waals surface area (Å²) in [7, 11) is 0. The standard InChI is InChI=1S/C16H29N3O/c1-4-7-15(20-6-3)14(18-9-5-2)11-13-8-10-19-16(17)12-13/h8,10,12,14-15,18H,4-7,9,11H2,1-3H3,(H2,17,19). The van der Waals surface area contributed by atoms with Gasteiger partial charge in [0.1, 0.15) is 5.82 Å². The van der Waals surface area contributed by atoms with E-state index >= 15 is 0 Å². The zero-order chi connectivity index (χ0) is 14.8. The highest BCUT2D eigenvalue weighted by molar-refractivity contribution is 5.32. The molecule has 0 bridgehead atoms. The van der Waals surface area contributed by atoms with Crippen LogP contribution in [-0.4, -0.2) is 30.3 Å². The maximum absolute atomic E-state index is 5.93. The fraction of sp³-hybridized carbons (Fsp3) is 0.688. The van der Waals surface area contributed by atoms with Gasteiger partial charge in [0.15, 0.2) is 0 Å². The Kier molecular flexibility index (Phi) is 8.23. The molecule has 0 aliphatic heterocycles.